The Labute approximate surface area is 113 Å². The molecule has 6 heteroatoms. The quantitative estimate of drug-likeness (QED) is 0.698. The molecule has 19 heavy (non-hydrogen) atoms. The van der Waals surface area contributed by atoms with Crippen molar-refractivity contribution >= 4 is 11.9 Å². The molecular weight excluding hydrogens is 246 g/mol. The van der Waals surface area contributed by atoms with Gasteiger partial charge in [0.1, 0.15) is 5.54 Å². The second kappa shape index (κ2) is 4.76. The third-order valence-electron chi connectivity index (χ3n) is 3.84. The summed E-state index contributed by atoms with van der Waals surface area (Å²) in [7, 11) is 0. The van der Waals surface area contributed by atoms with Gasteiger partial charge in [-0.2, -0.15) is 0 Å². The minimum atomic E-state index is -0.797. The molecule has 0 aliphatic carbocycles. The second-order valence-corrected chi connectivity index (χ2v) is 6.20. The van der Waals surface area contributed by atoms with Gasteiger partial charge in [0.2, 0.25) is 0 Å². The van der Waals surface area contributed by atoms with E-state index in [2.05, 4.69) is 17.1 Å². The smallest absolute Gasteiger partial charge is 0.325 e. The molecule has 0 unspecified atom stereocenters. The van der Waals surface area contributed by atoms with Crippen molar-refractivity contribution in [3.63, 3.8) is 0 Å². The van der Waals surface area contributed by atoms with Gasteiger partial charge in [-0.15, -0.1) is 0 Å². The lowest BCUT2D eigenvalue weighted by Gasteiger charge is -2.47. The van der Waals surface area contributed by atoms with Crippen molar-refractivity contribution in [2.75, 3.05) is 26.2 Å². The Kier molecular flexibility index (Phi) is 3.57. The largest absolute Gasteiger partial charge is 0.387 e. The molecule has 0 bridgehead atoms. The van der Waals surface area contributed by atoms with Crippen LogP contribution < -0.4 is 5.32 Å². The minimum absolute atomic E-state index is 0.179. The van der Waals surface area contributed by atoms with Gasteiger partial charge in [0.15, 0.2) is 0 Å². The Morgan fingerprint density at radius 1 is 1.26 bits per heavy atom. The molecule has 0 saturated carbocycles. The summed E-state index contributed by atoms with van der Waals surface area (Å²) in [5.74, 6) is -0.179. The zero-order valence-electron chi connectivity index (χ0n) is 11.9. The van der Waals surface area contributed by atoms with Crippen molar-refractivity contribution in [1.82, 2.24) is 15.1 Å². The van der Waals surface area contributed by atoms with Crippen LogP contribution in [0.5, 0.6) is 0 Å². The number of urea groups is 1. The maximum absolute atomic E-state index is 12.0. The van der Waals surface area contributed by atoms with Gasteiger partial charge in [0.25, 0.3) is 5.91 Å². The summed E-state index contributed by atoms with van der Waals surface area (Å²) in [5.41, 5.74) is -1.36. The summed E-state index contributed by atoms with van der Waals surface area (Å²) in [5, 5.41) is 12.7. The number of aliphatic hydroxyl groups is 1. The monoisotopic (exact) mass is 269 g/mol. The molecule has 0 spiro atoms. The number of rotatable bonds is 5. The van der Waals surface area contributed by atoms with E-state index in [9.17, 15) is 14.7 Å². The van der Waals surface area contributed by atoms with Gasteiger partial charge in [-0.3, -0.25) is 14.6 Å². The highest BCUT2D eigenvalue weighted by atomic mass is 16.3. The van der Waals surface area contributed by atoms with Gasteiger partial charge < -0.3 is 10.4 Å². The van der Waals surface area contributed by atoms with Crippen LogP contribution >= 0.6 is 0 Å². The topological polar surface area (TPSA) is 72.9 Å². The summed E-state index contributed by atoms with van der Waals surface area (Å²) in [6, 6.07) is -0.320. The van der Waals surface area contributed by atoms with Crippen LogP contribution in [0.4, 0.5) is 4.79 Å². The third kappa shape index (κ3) is 2.74. The molecule has 2 N–H and O–H groups in total. The first-order valence-corrected chi connectivity index (χ1v) is 6.86. The molecule has 6 nitrogen and oxygen atoms in total. The predicted molar refractivity (Wildman–Crippen MR) is 70.6 cm³/mol. The van der Waals surface area contributed by atoms with E-state index in [1.807, 2.05) is 0 Å². The molecule has 3 amide bonds. The van der Waals surface area contributed by atoms with E-state index in [0.717, 1.165) is 12.8 Å². The molecule has 2 heterocycles. The molecule has 2 saturated heterocycles. The minimum Gasteiger partial charge on any atom is -0.387 e. The molecule has 2 fully saturated rings. The lowest BCUT2D eigenvalue weighted by Crippen LogP contribution is -2.62. The summed E-state index contributed by atoms with van der Waals surface area (Å²) < 4.78 is 0. The van der Waals surface area contributed by atoms with E-state index in [1.165, 1.54) is 4.90 Å². The molecule has 0 radical (unpaired) electrons. The number of nitrogens with one attached hydrogen (secondary N) is 1. The molecule has 0 aromatic heterocycles. The maximum Gasteiger partial charge on any atom is 0.325 e. The highest BCUT2D eigenvalue weighted by Crippen LogP contribution is 2.25. The van der Waals surface area contributed by atoms with Crippen LogP contribution in [-0.2, 0) is 4.79 Å². The van der Waals surface area contributed by atoms with Crippen molar-refractivity contribution in [3.8, 4) is 0 Å². The summed E-state index contributed by atoms with van der Waals surface area (Å²) in [4.78, 5) is 27.0. The number of hydrogen-bond donors (Lipinski definition) is 2. The number of carbonyl (C=O) groups excluding carboxylic acids is 2. The first-order valence-electron chi connectivity index (χ1n) is 6.86. The second-order valence-electron chi connectivity index (χ2n) is 6.20. The van der Waals surface area contributed by atoms with Crippen molar-refractivity contribution in [1.29, 1.82) is 0 Å². The van der Waals surface area contributed by atoms with Crippen LogP contribution in [0.2, 0.25) is 0 Å². The molecule has 0 atom stereocenters. The number of carbonyl (C=O) groups is 2. The van der Waals surface area contributed by atoms with E-state index in [-0.39, 0.29) is 11.9 Å². The highest BCUT2D eigenvalue weighted by molar-refractivity contribution is 6.06. The zero-order chi connectivity index (χ0) is 14.3. The van der Waals surface area contributed by atoms with E-state index in [0.29, 0.717) is 26.2 Å². The van der Waals surface area contributed by atoms with E-state index in [1.54, 1.807) is 13.8 Å². The zero-order valence-corrected chi connectivity index (χ0v) is 11.9. The summed E-state index contributed by atoms with van der Waals surface area (Å²) in [6.45, 7) is 7.74. The van der Waals surface area contributed by atoms with Crippen LogP contribution in [0.15, 0.2) is 0 Å². The number of imide groups is 1. The van der Waals surface area contributed by atoms with E-state index in [4.69, 9.17) is 0 Å². The fraction of sp³-hybridized carbons (Fsp3) is 0.846. The molecule has 108 valence electrons. The van der Waals surface area contributed by atoms with Crippen LogP contribution in [-0.4, -0.2) is 64.2 Å². The van der Waals surface area contributed by atoms with Crippen molar-refractivity contribution in [2.24, 2.45) is 0 Å². The Hall–Kier alpha value is -1.14. The standard InChI is InChI=1S/C13H23N3O3/c1-4-5-13(19)8-15(9-13)6-7-16-10(17)12(2,3)14-11(16)18/h19H,4-9H2,1-3H3,(H,14,18). The average Bonchev–Trinajstić information content (AvgIpc) is 2.44. The summed E-state index contributed by atoms with van der Waals surface area (Å²) >= 11 is 0. The summed E-state index contributed by atoms with van der Waals surface area (Å²) in [6.07, 6.45) is 1.77. The first kappa shape index (κ1) is 14.3. The van der Waals surface area contributed by atoms with Gasteiger partial charge in [0, 0.05) is 26.2 Å². The van der Waals surface area contributed by atoms with E-state index >= 15 is 0 Å². The predicted octanol–water partition coefficient (Wildman–Crippen LogP) is 0.164. The first-order chi connectivity index (χ1) is 8.77. The number of amides is 3. The Balaban J connectivity index is 1.79. The van der Waals surface area contributed by atoms with Gasteiger partial charge in [-0.25, -0.2) is 4.79 Å². The average molecular weight is 269 g/mol. The fourth-order valence-corrected chi connectivity index (χ4v) is 2.83. The van der Waals surface area contributed by atoms with Crippen molar-refractivity contribution in [2.45, 2.75) is 44.8 Å². The number of hydrogen-bond acceptors (Lipinski definition) is 4. The van der Waals surface area contributed by atoms with Crippen molar-refractivity contribution in [3.05, 3.63) is 0 Å². The lowest BCUT2D eigenvalue weighted by atomic mass is 9.89. The number of nitrogens with zero attached hydrogens (tertiary/aromatic N) is 2. The molecule has 2 rings (SSSR count). The van der Waals surface area contributed by atoms with Gasteiger partial charge in [0.05, 0.1) is 5.60 Å². The molecule has 0 aromatic rings. The SMILES string of the molecule is CCCC1(O)CN(CCN2C(=O)NC(C)(C)C2=O)C1. The Morgan fingerprint density at radius 3 is 2.37 bits per heavy atom. The van der Waals surface area contributed by atoms with Gasteiger partial charge in [-0.1, -0.05) is 13.3 Å². The maximum atomic E-state index is 12.0. The van der Waals surface area contributed by atoms with Gasteiger partial charge >= 0.3 is 6.03 Å². The molecule has 0 aromatic carbocycles. The van der Waals surface area contributed by atoms with E-state index < -0.39 is 11.1 Å². The van der Waals surface area contributed by atoms with Crippen LogP contribution in [0.1, 0.15) is 33.6 Å². The third-order valence-corrected chi connectivity index (χ3v) is 3.84. The Morgan fingerprint density at radius 2 is 1.89 bits per heavy atom. The molecular formula is C13H23N3O3. The number of likely N-dealkylation sites (tertiary alicyclic amines) is 1. The van der Waals surface area contributed by atoms with Crippen molar-refractivity contribution < 1.29 is 14.7 Å². The Bertz CT molecular complexity index is 389. The fourth-order valence-electron chi connectivity index (χ4n) is 2.83. The van der Waals surface area contributed by atoms with Crippen LogP contribution in [0, 0.1) is 0 Å². The van der Waals surface area contributed by atoms with Crippen LogP contribution in [0.3, 0.4) is 0 Å². The number of β-amino-alcohol motifs (C(OH)–C–C–N with tert-alkyl or cyclic N) is 1. The highest BCUT2D eigenvalue weighted by Gasteiger charge is 2.45. The molecule has 2 aliphatic rings. The normalized spacial score (nSPS) is 25.4. The lowest BCUT2D eigenvalue weighted by molar-refractivity contribution is -0.131. The molecule has 2 aliphatic heterocycles. The van der Waals surface area contributed by atoms with Gasteiger partial charge in [-0.05, 0) is 20.3 Å². The van der Waals surface area contributed by atoms with Crippen LogP contribution in [0.25, 0.3) is 0 Å².